The van der Waals surface area contributed by atoms with E-state index in [1.165, 1.54) is 24.2 Å². The van der Waals surface area contributed by atoms with Gasteiger partial charge in [-0.3, -0.25) is 0 Å². The molecule has 2 aliphatic rings. The molecular weight excluding hydrogens is 308 g/mol. The third kappa shape index (κ3) is 3.84. The summed E-state index contributed by atoms with van der Waals surface area (Å²) < 4.78 is 33.5. The SMILES string of the molecule is Cc1csc(CNC2CC2)c1S(=O)(=O)NC1CCCOC1. The minimum absolute atomic E-state index is 0.104. The molecule has 2 fully saturated rings. The van der Waals surface area contributed by atoms with Crippen molar-refractivity contribution in [1.29, 1.82) is 0 Å². The lowest BCUT2D eigenvalue weighted by Crippen LogP contribution is -2.41. The van der Waals surface area contributed by atoms with Gasteiger partial charge in [0.1, 0.15) is 4.90 Å². The van der Waals surface area contributed by atoms with Crippen molar-refractivity contribution in [1.82, 2.24) is 10.0 Å². The lowest BCUT2D eigenvalue weighted by Gasteiger charge is -2.23. The van der Waals surface area contributed by atoms with Gasteiger partial charge in [-0.1, -0.05) is 0 Å². The zero-order valence-corrected chi connectivity index (χ0v) is 13.9. The van der Waals surface area contributed by atoms with Crippen molar-refractivity contribution in [3.63, 3.8) is 0 Å². The normalized spacial score (nSPS) is 23.4. The van der Waals surface area contributed by atoms with Gasteiger partial charge in [0.05, 0.1) is 6.61 Å². The van der Waals surface area contributed by atoms with E-state index in [1.54, 1.807) is 0 Å². The topological polar surface area (TPSA) is 67.4 Å². The van der Waals surface area contributed by atoms with E-state index in [-0.39, 0.29) is 6.04 Å². The number of sulfonamides is 1. The van der Waals surface area contributed by atoms with Crippen LogP contribution in [0, 0.1) is 6.92 Å². The predicted molar refractivity (Wildman–Crippen MR) is 83.1 cm³/mol. The Morgan fingerprint density at radius 1 is 1.33 bits per heavy atom. The molecule has 118 valence electrons. The largest absolute Gasteiger partial charge is 0.380 e. The number of hydrogen-bond acceptors (Lipinski definition) is 5. The molecule has 0 amide bonds. The van der Waals surface area contributed by atoms with Crippen LogP contribution in [0.3, 0.4) is 0 Å². The summed E-state index contributed by atoms with van der Waals surface area (Å²) in [6, 6.07) is 0.468. The van der Waals surface area contributed by atoms with Crippen molar-refractivity contribution in [2.24, 2.45) is 0 Å². The molecule has 0 aromatic carbocycles. The molecule has 1 unspecified atom stereocenters. The highest BCUT2D eigenvalue weighted by molar-refractivity contribution is 7.89. The Morgan fingerprint density at radius 2 is 2.14 bits per heavy atom. The van der Waals surface area contributed by atoms with Crippen molar-refractivity contribution < 1.29 is 13.2 Å². The minimum atomic E-state index is -3.46. The zero-order chi connectivity index (χ0) is 14.9. The van der Waals surface area contributed by atoms with Crippen molar-refractivity contribution in [2.45, 2.75) is 56.1 Å². The standard InChI is InChI=1S/C14H22N2O3S2/c1-10-9-20-13(7-15-11-4-5-11)14(10)21(17,18)16-12-3-2-6-19-8-12/h9,11-12,15-16H,2-8H2,1H3. The second-order valence-corrected chi connectivity index (χ2v) is 8.48. The van der Waals surface area contributed by atoms with E-state index in [2.05, 4.69) is 10.0 Å². The molecule has 7 heteroatoms. The van der Waals surface area contributed by atoms with Gasteiger partial charge in [0, 0.05) is 30.1 Å². The van der Waals surface area contributed by atoms with Crippen LogP contribution >= 0.6 is 11.3 Å². The van der Waals surface area contributed by atoms with Gasteiger partial charge in [-0.05, 0) is 43.6 Å². The van der Waals surface area contributed by atoms with Gasteiger partial charge in [0.25, 0.3) is 0 Å². The number of hydrogen-bond donors (Lipinski definition) is 2. The Labute approximate surface area is 130 Å². The fraction of sp³-hybridized carbons (Fsp3) is 0.714. The summed E-state index contributed by atoms with van der Waals surface area (Å²) in [6.07, 6.45) is 4.15. The summed E-state index contributed by atoms with van der Waals surface area (Å²) in [5, 5.41) is 5.32. The number of rotatable bonds is 6. The van der Waals surface area contributed by atoms with E-state index in [4.69, 9.17) is 4.74 Å². The maximum absolute atomic E-state index is 12.7. The second-order valence-electron chi connectivity index (χ2n) is 5.86. The Morgan fingerprint density at radius 3 is 2.81 bits per heavy atom. The van der Waals surface area contributed by atoms with Crippen molar-refractivity contribution in [3.05, 3.63) is 15.8 Å². The maximum Gasteiger partial charge on any atom is 0.242 e. The number of nitrogens with one attached hydrogen (secondary N) is 2. The molecule has 3 rings (SSSR count). The quantitative estimate of drug-likeness (QED) is 0.834. The number of ether oxygens (including phenoxy) is 1. The van der Waals surface area contributed by atoms with Crippen LogP contribution in [-0.2, 0) is 21.3 Å². The molecule has 1 saturated carbocycles. The smallest absolute Gasteiger partial charge is 0.242 e. The van der Waals surface area contributed by atoms with Crippen LogP contribution in [0.15, 0.2) is 10.3 Å². The average molecular weight is 330 g/mol. The highest BCUT2D eigenvalue weighted by atomic mass is 32.2. The number of aryl methyl sites for hydroxylation is 1. The van der Waals surface area contributed by atoms with Crippen LogP contribution in [0.1, 0.15) is 36.1 Å². The van der Waals surface area contributed by atoms with Gasteiger partial charge in [-0.2, -0.15) is 0 Å². The Balaban J connectivity index is 1.74. The van der Waals surface area contributed by atoms with Crippen LogP contribution < -0.4 is 10.0 Å². The first kappa shape index (κ1) is 15.4. The predicted octanol–water partition coefficient (Wildman–Crippen LogP) is 1.77. The summed E-state index contributed by atoms with van der Waals surface area (Å²) in [7, 11) is -3.46. The third-order valence-electron chi connectivity index (χ3n) is 3.87. The van der Waals surface area contributed by atoms with Gasteiger partial charge >= 0.3 is 0 Å². The first-order valence-electron chi connectivity index (χ1n) is 7.46. The molecule has 2 heterocycles. The highest BCUT2D eigenvalue weighted by Gasteiger charge is 2.28. The monoisotopic (exact) mass is 330 g/mol. The molecule has 0 spiro atoms. The molecule has 1 atom stereocenters. The molecule has 1 aromatic heterocycles. The molecule has 1 aliphatic carbocycles. The van der Waals surface area contributed by atoms with Crippen LogP contribution in [0.25, 0.3) is 0 Å². The molecule has 2 N–H and O–H groups in total. The number of thiophene rings is 1. The van der Waals surface area contributed by atoms with Crippen LogP contribution in [0.2, 0.25) is 0 Å². The van der Waals surface area contributed by atoms with Crippen LogP contribution in [0.4, 0.5) is 0 Å². The summed E-state index contributed by atoms with van der Waals surface area (Å²) in [6.45, 7) is 3.70. The first-order chi connectivity index (χ1) is 10.1. The summed E-state index contributed by atoms with van der Waals surface area (Å²) in [5.74, 6) is 0. The van der Waals surface area contributed by atoms with Crippen LogP contribution in [0.5, 0.6) is 0 Å². The summed E-state index contributed by atoms with van der Waals surface area (Å²) in [5.41, 5.74) is 0.830. The van der Waals surface area contributed by atoms with Crippen molar-refractivity contribution in [3.8, 4) is 0 Å². The van der Waals surface area contributed by atoms with Crippen molar-refractivity contribution in [2.75, 3.05) is 13.2 Å². The van der Waals surface area contributed by atoms with Gasteiger partial charge < -0.3 is 10.1 Å². The van der Waals surface area contributed by atoms with E-state index in [0.29, 0.717) is 24.1 Å². The fourth-order valence-electron chi connectivity index (χ4n) is 2.61. The van der Waals surface area contributed by atoms with E-state index >= 15 is 0 Å². The molecule has 1 aromatic rings. The zero-order valence-electron chi connectivity index (χ0n) is 12.2. The molecule has 1 aliphatic heterocycles. The summed E-state index contributed by atoms with van der Waals surface area (Å²) >= 11 is 1.52. The molecule has 0 radical (unpaired) electrons. The fourth-order valence-corrected chi connectivity index (χ4v) is 5.62. The second kappa shape index (κ2) is 6.34. The van der Waals surface area contributed by atoms with E-state index in [9.17, 15) is 8.42 Å². The van der Waals surface area contributed by atoms with Crippen molar-refractivity contribution >= 4 is 21.4 Å². The van der Waals surface area contributed by atoms with E-state index < -0.39 is 10.0 Å². The van der Waals surface area contributed by atoms with Gasteiger partial charge in [0.15, 0.2) is 0 Å². The Bertz CT molecular complexity index is 587. The molecular formula is C14H22N2O3S2. The average Bonchev–Trinajstić information content (AvgIpc) is 3.19. The molecule has 21 heavy (non-hydrogen) atoms. The molecule has 1 saturated heterocycles. The minimum Gasteiger partial charge on any atom is -0.380 e. The maximum atomic E-state index is 12.7. The Kier molecular flexibility index (Phi) is 4.66. The lowest BCUT2D eigenvalue weighted by atomic mass is 10.1. The van der Waals surface area contributed by atoms with Gasteiger partial charge in [-0.15, -0.1) is 11.3 Å². The third-order valence-corrected chi connectivity index (χ3v) is 6.85. The van der Waals surface area contributed by atoms with Crippen LogP contribution in [-0.4, -0.2) is 33.7 Å². The molecule has 5 nitrogen and oxygen atoms in total. The Hall–Kier alpha value is -0.470. The van der Waals surface area contributed by atoms with E-state index in [0.717, 1.165) is 29.9 Å². The molecule has 0 bridgehead atoms. The highest BCUT2D eigenvalue weighted by Crippen LogP contribution is 2.29. The van der Waals surface area contributed by atoms with Gasteiger partial charge in [0.2, 0.25) is 10.0 Å². The van der Waals surface area contributed by atoms with Gasteiger partial charge in [-0.25, -0.2) is 13.1 Å². The summed E-state index contributed by atoms with van der Waals surface area (Å²) in [4.78, 5) is 1.37. The lowest BCUT2D eigenvalue weighted by molar-refractivity contribution is 0.0774. The first-order valence-corrected chi connectivity index (χ1v) is 9.83. The van der Waals surface area contributed by atoms with E-state index in [1.807, 2.05) is 12.3 Å².